The number of fused-ring (bicyclic) bond motifs is 2. The molecule has 2 N–H and O–H groups in total. The van der Waals surface area contributed by atoms with E-state index in [2.05, 4.69) is 20.6 Å². The van der Waals surface area contributed by atoms with Crippen molar-refractivity contribution in [2.75, 3.05) is 0 Å². The first kappa shape index (κ1) is 17.2. The van der Waals surface area contributed by atoms with E-state index in [-0.39, 0.29) is 11.9 Å². The van der Waals surface area contributed by atoms with E-state index in [0.29, 0.717) is 29.2 Å². The lowest BCUT2D eigenvalue weighted by atomic mass is 10.0. The highest BCUT2D eigenvalue weighted by molar-refractivity contribution is 5.73. The second kappa shape index (κ2) is 6.91. The van der Waals surface area contributed by atoms with Crippen LogP contribution in [-0.4, -0.2) is 43.3 Å². The van der Waals surface area contributed by atoms with Crippen LogP contribution in [0.25, 0.3) is 22.4 Å². The molecule has 0 aliphatic carbocycles. The molecule has 28 heavy (non-hydrogen) atoms. The molecular formula is C21H23N5O2. The molecule has 2 bridgehead atoms. The van der Waals surface area contributed by atoms with Gasteiger partial charge in [-0.1, -0.05) is 6.07 Å². The van der Waals surface area contributed by atoms with E-state index in [1.807, 2.05) is 37.5 Å². The van der Waals surface area contributed by atoms with Crippen LogP contribution in [0.3, 0.4) is 0 Å². The molecule has 0 spiro atoms. The summed E-state index contributed by atoms with van der Waals surface area (Å²) in [6.07, 6.45) is 8.41. The lowest BCUT2D eigenvalue weighted by Crippen LogP contribution is -2.42. The van der Waals surface area contributed by atoms with Gasteiger partial charge in [-0.2, -0.15) is 5.10 Å². The lowest BCUT2D eigenvalue weighted by Gasteiger charge is -2.28. The number of hydrogen-bond donors (Lipinski definition) is 2. The van der Waals surface area contributed by atoms with E-state index >= 15 is 0 Å². The third-order valence-electron chi connectivity index (χ3n) is 5.67. The van der Waals surface area contributed by atoms with Gasteiger partial charge in [0.2, 0.25) is 5.88 Å². The summed E-state index contributed by atoms with van der Waals surface area (Å²) in [5.41, 5.74) is 3.12. The minimum absolute atomic E-state index is 0.166. The highest BCUT2D eigenvalue weighted by atomic mass is 16.5. The van der Waals surface area contributed by atoms with Crippen molar-refractivity contribution >= 4 is 0 Å². The molecule has 4 heterocycles. The zero-order valence-electron chi connectivity index (χ0n) is 15.7. The van der Waals surface area contributed by atoms with E-state index in [9.17, 15) is 5.11 Å². The summed E-state index contributed by atoms with van der Waals surface area (Å²) in [4.78, 5) is 0. The fraction of sp³-hybridized carbons (Fsp3) is 0.381. The molecule has 1 aromatic carbocycles. The molecular weight excluding hydrogens is 354 g/mol. The molecule has 0 radical (unpaired) electrons. The van der Waals surface area contributed by atoms with Crippen LogP contribution in [0.5, 0.6) is 11.6 Å². The summed E-state index contributed by atoms with van der Waals surface area (Å²) in [6, 6.07) is 10.4. The smallest absolute Gasteiger partial charge is 0.233 e. The number of phenols is 1. The van der Waals surface area contributed by atoms with Crippen LogP contribution in [0.2, 0.25) is 0 Å². The van der Waals surface area contributed by atoms with Crippen LogP contribution in [0.15, 0.2) is 42.7 Å². The van der Waals surface area contributed by atoms with Crippen LogP contribution in [0.1, 0.15) is 25.7 Å². The predicted molar refractivity (Wildman–Crippen MR) is 105 cm³/mol. The third-order valence-corrected chi connectivity index (χ3v) is 5.67. The number of piperidine rings is 1. The summed E-state index contributed by atoms with van der Waals surface area (Å²) < 4.78 is 7.79. The molecule has 2 atom stereocenters. The topological polar surface area (TPSA) is 85.1 Å². The Morgan fingerprint density at radius 2 is 1.89 bits per heavy atom. The number of phenolic OH excluding ortho intramolecular Hbond substituents is 1. The predicted octanol–water partition coefficient (Wildman–Crippen LogP) is 2.91. The molecule has 0 amide bonds. The molecule has 0 saturated carbocycles. The number of ether oxygens (including phenoxy) is 1. The van der Waals surface area contributed by atoms with Crippen LogP contribution in [0, 0.1) is 0 Å². The fourth-order valence-electron chi connectivity index (χ4n) is 4.30. The largest absolute Gasteiger partial charge is 0.507 e. The molecule has 7 nitrogen and oxygen atoms in total. The van der Waals surface area contributed by atoms with E-state index in [0.717, 1.165) is 24.0 Å². The van der Waals surface area contributed by atoms with Crippen molar-refractivity contribution in [1.29, 1.82) is 0 Å². The quantitative estimate of drug-likeness (QED) is 0.727. The number of aromatic hydroxyl groups is 1. The highest BCUT2D eigenvalue weighted by Crippen LogP contribution is 2.33. The number of nitrogens with one attached hydrogen (secondary N) is 1. The van der Waals surface area contributed by atoms with Gasteiger partial charge in [0.05, 0.1) is 11.9 Å². The van der Waals surface area contributed by atoms with Gasteiger partial charge in [-0.15, -0.1) is 10.2 Å². The molecule has 2 aromatic heterocycles. The van der Waals surface area contributed by atoms with E-state index in [4.69, 9.17) is 4.74 Å². The Bertz CT molecular complexity index is 973. The van der Waals surface area contributed by atoms with Crippen LogP contribution in [-0.2, 0) is 7.05 Å². The normalized spacial score (nSPS) is 23.7. The van der Waals surface area contributed by atoms with Gasteiger partial charge in [-0.3, -0.25) is 4.68 Å². The third kappa shape index (κ3) is 3.33. The molecule has 2 aliphatic heterocycles. The molecule has 144 valence electrons. The van der Waals surface area contributed by atoms with E-state index < -0.39 is 0 Å². The summed E-state index contributed by atoms with van der Waals surface area (Å²) in [6.45, 7) is 0. The van der Waals surface area contributed by atoms with Gasteiger partial charge in [-0.05, 0) is 49.4 Å². The van der Waals surface area contributed by atoms with Crippen molar-refractivity contribution in [1.82, 2.24) is 25.3 Å². The molecule has 2 aliphatic rings. The maximum Gasteiger partial charge on any atom is 0.233 e. The van der Waals surface area contributed by atoms with Crippen LogP contribution < -0.4 is 10.1 Å². The summed E-state index contributed by atoms with van der Waals surface area (Å²) in [5, 5.41) is 26.8. The second-order valence-electron chi connectivity index (χ2n) is 7.74. The Balaban J connectivity index is 1.31. The first-order chi connectivity index (χ1) is 13.6. The average Bonchev–Trinajstić information content (AvgIpc) is 3.27. The first-order valence-electron chi connectivity index (χ1n) is 9.73. The van der Waals surface area contributed by atoms with Gasteiger partial charge in [0, 0.05) is 42.5 Å². The van der Waals surface area contributed by atoms with Crippen molar-refractivity contribution < 1.29 is 9.84 Å². The number of aromatic nitrogens is 4. The second-order valence-corrected chi connectivity index (χ2v) is 7.74. The molecule has 5 rings (SSSR count). The van der Waals surface area contributed by atoms with Gasteiger partial charge in [0.1, 0.15) is 11.9 Å². The van der Waals surface area contributed by atoms with Crippen LogP contribution >= 0.6 is 0 Å². The summed E-state index contributed by atoms with van der Waals surface area (Å²) >= 11 is 0. The minimum Gasteiger partial charge on any atom is -0.507 e. The summed E-state index contributed by atoms with van der Waals surface area (Å²) in [5.74, 6) is 0.709. The van der Waals surface area contributed by atoms with Crippen molar-refractivity contribution in [3.63, 3.8) is 0 Å². The summed E-state index contributed by atoms with van der Waals surface area (Å²) in [7, 11) is 1.87. The van der Waals surface area contributed by atoms with Crippen molar-refractivity contribution in [3.05, 3.63) is 42.7 Å². The number of benzene rings is 1. The van der Waals surface area contributed by atoms with E-state index in [1.165, 1.54) is 12.8 Å². The molecule has 7 heteroatoms. The standard InChI is InChI=1S/C21H23N5O2/c1-26-12-14(11-22-26)13-2-5-18(20(27)8-13)19-6-7-21(25-24-19)28-17-9-15-3-4-16(10-17)23-15/h2,5-8,11-12,15-17,23,27H,3-4,9-10H2,1H3. The highest BCUT2D eigenvalue weighted by Gasteiger charge is 2.34. The number of nitrogens with zero attached hydrogens (tertiary/aromatic N) is 4. The maximum atomic E-state index is 10.5. The van der Waals surface area contributed by atoms with Gasteiger partial charge in [0.25, 0.3) is 0 Å². The molecule has 2 fully saturated rings. The Labute approximate surface area is 163 Å². The van der Waals surface area contributed by atoms with Gasteiger partial charge < -0.3 is 15.2 Å². The van der Waals surface area contributed by atoms with Crippen molar-refractivity contribution in [3.8, 4) is 34.0 Å². The maximum absolute atomic E-state index is 10.5. The number of aryl methyl sites for hydroxylation is 1. The monoisotopic (exact) mass is 377 g/mol. The van der Waals surface area contributed by atoms with Gasteiger partial charge in [0.15, 0.2) is 0 Å². The van der Waals surface area contributed by atoms with Crippen molar-refractivity contribution in [2.45, 2.75) is 43.9 Å². The van der Waals surface area contributed by atoms with E-state index in [1.54, 1.807) is 16.9 Å². The molecule has 2 unspecified atom stereocenters. The average molecular weight is 377 g/mol. The Morgan fingerprint density at radius 1 is 1.07 bits per heavy atom. The SMILES string of the molecule is Cn1cc(-c2ccc(-c3ccc(OC4CC5CCC(C4)N5)nn3)c(O)c2)cn1. The molecule has 2 saturated heterocycles. The lowest BCUT2D eigenvalue weighted by molar-refractivity contribution is 0.130. The fourth-order valence-corrected chi connectivity index (χ4v) is 4.30. The van der Waals surface area contributed by atoms with Gasteiger partial charge in [-0.25, -0.2) is 0 Å². The van der Waals surface area contributed by atoms with Gasteiger partial charge >= 0.3 is 0 Å². The number of rotatable bonds is 4. The first-order valence-corrected chi connectivity index (χ1v) is 9.73. The Hall–Kier alpha value is -2.93. The molecule has 3 aromatic rings. The Morgan fingerprint density at radius 3 is 2.54 bits per heavy atom. The van der Waals surface area contributed by atoms with Crippen molar-refractivity contribution in [2.24, 2.45) is 7.05 Å². The Kier molecular flexibility index (Phi) is 4.24. The zero-order valence-corrected chi connectivity index (χ0v) is 15.7. The minimum atomic E-state index is 0.166. The zero-order chi connectivity index (χ0) is 19.1. The number of hydrogen-bond acceptors (Lipinski definition) is 6. The van der Waals surface area contributed by atoms with Crippen LogP contribution in [0.4, 0.5) is 0 Å².